The van der Waals surface area contributed by atoms with Gasteiger partial charge in [-0.2, -0.15) is 0 Å². The maximum absolute atomic E-state index is 11.4. The van der Waals surface area contributed by atoms with Crippen molar-refractivity contribution in [2.45, 2.75) is 200 Å². The van der Waals surface area contributed by atoms with Crippen molar-refractivity contribution in [2.24, 2.45) is 0 Å². The number of hydrogen-bond acceptors (Lipinski definition) is 17. The van der Waals surface area contributed by atoms with E-state index in [2.05, 4.69) is 66.1 Å². The van der Waals surface area contributed by atoms with Gasteiger partial charge in [-0.25, -0.2) is 0 Å². The highest BCUT2D eigenvalue weighted by atomic mass is 32.1. The molecule has 1 aromatic carbocycles. The monoisotopic (exact) mass is 1340 g/mol. The minimum Gasteiger partial charge on any atom is -0.450 e. The summed E-state index contributed by atoms with van der Waals surface area (Å²) in [5, 5.41) is 37.6. The van der Waals surface area contributed by atoms with Crippen molar-refractivity contribution in [2.75, 3.05) is 13.2 Å². The zero-order valence-corrected chi connectivity index (χ0v) is 56.7. The zero-order valence-electron chi connectivity index (χ0n) is 55.9. The molecule has 10 heterocycles. The van der Waals surface area contributed by atoms with Gasteiger partial charge in [0.05, 0.1) is 78.3 Å². The molecule has 5 aromatic heterocycles. The molecule has 4 N–H and O–H groups in total. The fraction of sp³-hybridized carbons (Fsp3) is 0.440. The lowest BCUT2D eigenvalue weighted by Gasteiger charge is -2.18. The van der Waals surface area contributed by atoms with E-state index in [1.165, 1.54) is 0 Å². The van der Waals surface area contributed by atoms with Gasteiger partial charge in [-0.3, -0.25) is 24.0 Å². The van der Waals surface area contributed by atoms with Crippen LogP contribution >= 0.6 is 12.2 Å². The third-order valence-electron chi connectivity index (χ3n) is 16.5. The van der Waals surface area contributed by atoms with Gasteiger partial charge in [0.2, 0.25) is 0 Å². The van der Waals surface area contributed by atoms with Crippen LogP contribution in [0.25, 0.3) is 0 Å². The van der Waals surface area contributed by atoms with Crippen LogP contribution in [0.3, 0.4) is 0 Å². The molecule has 0 saturated carbocycles. The molecular weight excluding hydrogens is 1260 g/mol. The SMILES string of the molecule is CC#Cc1cc(C=O)n([C@H]2CC[C@@H](CC)O2)c1.CC#Cc1cc(C=O)n([C@H]2CC[C@@H](CO)O2)c1.CC#Cc1cc(C=O)n([C@H]2C[C@@H](O)[C@@H](CC)O2)c1.CC#Cc1cc(C=O)n([C@H]2C[C@@H](O)[C@@H](CO)O2)c1.CC#Cc1cc(C=O)n([C@H]2C[C@@H](OC(=S)Oc3ccccc3)[C@@H](CC)O2)c1. The highest BCUT2D eigenvalue weighted by molar-refractivity contribution is 7.79. The first-order valence-corrected chi connectivity index (χ1v) is 32.8. The van der Waals surface area contributed by atoms with Gasteiger partial charge in [0.15, 0.2) is 31.4 Å². The first kappa shape index (κ1) is 75.5. The molecule has 13 atom stereocenters. The van der Waals surface area contributed by atoms with Crippen molar-refractivity contribution in [3.05, 3.63) is 148 Å². The van der Waals surface area contributed by atoms with Crippen molar-refractivity contribution in [3.8, 4) is 65.0 Å². The van der Waals surface area contributed by atoms with E-state index < -0.39 is 24.5 Å². The molecule has 0 spiro atoms. The van der Waals surface area contributed by atoms with Crippen molar-refractivity contribution >= 4 is 48.9 Å². The van der Waals surface area contributed by atoms with Crippen molar-refractivity contribution in [3.63, 3.8) is 0 Å². The average molecular weight is 1340 g/mol. The molecular formula is C75H85N5O16S. The maximum atomic E-state index is 11.4. The second-order valence-corrected chi connectivity index (χ2v) is 23.3. The highest BCUT2D eigenvalue weighted by Crippen LogP contribution is 2.37. The molecule has 22 heteroatoms. The standard InChI is InChI=1S/C21H21NO4S.C14H17NO3.C14H17NO2.C13H15NO4.C13H15NO3/c1-3-8-15-11-16(14-23)22(13-15)20-12-19(18(4-2)25-20)26-21(27)24-17-9-6-5-7-10-17;1-3-5-10-6-11(9-16)15(8-10)14-7-12(17)13(4-2)18-14;1-3-5-11-8-12(10-16)15(9-11)14-7-6-13(4-2)17-14;1-2-3-9-4-10(7-15)14(6-9)13-5-11(17)12(8-16)18-13;1-2-3-10-6-11(8-15)14(7-10)13-5-4-12(9-16)17-13/h5-7,9-11,13-14,18-20H,4,12H2,1-2H3;6,8-9,12-14,17H,4,7H2,1-2H3;8-10,13-14H,4,6-7H2,1-2H3;4,6-7,11-13,16-17H,5,8H2,1H3;6-8,12-13,16H,4-5,9H2,1H3/t18-,19-,20-;12-,13-,14-;13-,14-;11-,12-,13-;12-,13+/m11110/s1. The van der Waals surface area contributed by atoms with Gasteiger partial charge in [0.25, 0.3) is 0 Å². The Kier molecular flexibility index (Phi) is 29.7. The van der Waals surface area contributed by atoms with E-state index in [4.69, 9.17) is 55.6 Å². The predicted molar refractivity (Wildman–Crippen MR) is 365 cm³/mol. The lowest BCUT2D eigenvalue weighted by Crippen LogP contribution is -2.27. The van der Waals surface area contributed by atoms with Gasteiger partial charge in [-0.05, 0) is 122 Å². The van der Waals surface area contributed by atoms with Crippen LogP contribution in [0.5, 0.6) is 5.75 Å². The van der Waals surface area contributed by atoms with Crippen molar-refractivity contribution in [1.29, 1.82) is 0 Å². The second-order valence-electron chi connectivity index (χ2n) is 23.0. The first-order valence-electron chi connectivity index (χ1n) is 32.4. The largest absolute Gasteiger partial charge is 0.450 e. The van der Waals surface area contributed by atoms with E-state index in [0.717, 1.165) is 104 Å². The molecule has 6 aromatic rings. The molecule has 5 fully saturated rings. The fourth-order valence-corrected chi connectivity index (χ4v) is 12.1. The molecule has 5 saturated heterocycles. The van der Waals surface area contributed by atoms with Gasteiger partial charge < -0.3 is 76.4 Å². The van der Waals surface area contributed by atoms with Crippen LogP contribution in [0.15, 0.2) is 91.6 Å². The minimum absolute atomic E-state index is 0.00689. The number of aromatic nitrogens is 5. The summed E-state index contributed by atoms with van der Waals surface area (Å²) < 4.78 is 49.2. The van der Waals surface area contributed by atoms with E-state index in [0.29, 0.717) is 59.6 Å². The summed E-state index contributed by atoms with van der Waals surface area (Å²) in [4.78, 5) is 55.5. The molecule has 0 unspecified atom stereocenters. The van der Waals surface area contributed by atoms with Gasteiger partial charge in [0.1, 0.15) is 49.1 Å². The van der Waals surface area contributed by atoms with Gasteiger partial charge >= 0.3 is 5.24 Å². The second kappa shape index (κ2) is 38.1. The minimum atomic E-state index is -0.720. The third-order valence-corrected chi connectivity index (χ3v) is 16.7. The van der Waals surface area contributed by atoms with Crippen LogP contribution < -0.4 is 4.74 Å². The summed E-state index contributed by atoms with van der Waals surface area (Å²) in [6, 6.07) is 18.0. The Bertz CT molecular complexity index is 3770. The van der Waals surface area contributed by atoms with Gasteiger partial charge in [-0.15, -0.1) is 29.6 Å². The summed E-state index contributed by atoms with van der Waals surface area (Å²) in [6.45, 7) is 14.7. The summed E-state index contributed by atoms with van der Waals surface area (Å²) >= 11 is 5.23. The summed E-state index contributed by atoms with van der Waals surface area (Å²) in [5.74, 6) is 29.3. The number of carbonyl (C=O) groups is 5. The third kappa shape index (κ3) is 20.3. The predicted octanol–water partition coefficient (Wildman–Crippen LogP) is 10.3. The van der Waals surface area contributed by atoms with E-state index in [1.807, 2.05) is 73.4 Å². The topological polar surface area (TPSA) is 256 Å². The molecule has 11 rings (SSSR count). The normalized spacial score (nSPS) is 23.9. The van der Waals surface area contributed by atoms with Crippen LogP contribution in [0.2, 0.25) is 0 Å². The number of aliphatic hydroxyl groups is 4. The van der Waals surface area contributed by atoms with E-state index in [1.54, 1.807) is 89.5 Å². The number of rotatable bonds is 17. The number of ether oxygens (including phenoxy) is 7. The Labute approximate surface area is 572 Å². The Balaban J connectivity index is 0.000000173. The Hall–Kier alpha value is -8.90. The van der Waals surface area contributed by atoms with Crippen molar-refractivity contribution in [1.82, 2.24) is 22.8 Å². The molecule has 0 radical (unpaired) electrons. The van der Waals surface area contributed by atoms with Crippen LogP contribution in [-0.4, -0.2) is 142 Å². The molecule has 21 nitrogen and oxygen atoms in total. The van der Waals surface area contributed by atoms with Crippen LogP contribution in [0.1, 0.15) is 231 Å². The van der Waals surface area contributed by atoms with Gasteiger partial charge in [0, 0.05) is 90.3 Å². The van der Waals surface area contributed by atoms with Crippen LogP contribution in [-0.2, 0) is 28.4 Å². The summed E-state index contributed by atoms with van der Waals surface area (Å²) in [7, 11) is 0. The molecule has 5 aliphatic heterocycles. The first-order chi connectivity index (χ1) is 47.1. The fourth-order valence-electron chi connectivity index (χ4n) is 11.9. The number of carbonyl (C=O) groups excluding carboxylic acids is 5. The number of benzene rings is 1. The number of aldehydes is 5. The molecule has 512 valence electrons. The van der Waals surface area contributed by atoms with Crippen molar-refractivity contribution < 1.29 is 77.6 Å². The van der Waals surface area contributed by atoms with Crippen LogP contribution in [0, 0.1) is 59.2 Å². The Morgan fingerprint density at radius 2 is 0.814 bits per heavy atom. The Morgan fingerprint density at radius 3 is 1.13 bits per heavy atom. The highest BCUT2D eigenvalue weighted by Gasteiger charge is 2.39. The number of hydrogen-bond donors (Lipinski definition) is 4. The van der Waals surface area contributed by atoms with Crippen LogP contribution in [0.4, 0.5) is 0 Å². The summed E-state index contributed by atoms with van der Waals surface area (Å²) in [6.07, 6.45) is 17.3. The summed E-state index contributed by atoms with van der Waals surface area (Å²) in [5.41, 5.74) is 6.69. The Morgan fingerprint density at radius 1 is 0.464 bits per heavy atom. The van der Waals surface area contributed by atoms with E-state index >= 15 is 0 Å². The number of nitrogens with zero attached hydrogens (tertiary/aromatic N) is 5. The molecule has 0 aliphatic carbocycles. The maximum Gasteiger partial charge on any atom is 0.358 e. The number of aliphatic hydroxyl groups excluding tert-OH is 4. The molecule has 0 amide bonds. The lowest BCUT2D eigenvalue weighted by molar-refractivity contribution is -0.0445. The quantitative estimate of drug-likeness (QED) is 0.0376. The molecule has 97 heavy (non-hydrogen) atoms. The smallest absolute Gasteiger partial charge is 0.358 e. The van der Waals surface area contributed by atoms with Gasteiger partial charge in [-0.1, -0.05) is 68.6 Å². The van der Waals surface area contributed by atoms with E-state index in [-0.39, 0.29) is 67.8 Å². The number of para-hydroxylation sites is 1. The average Bonchev–Trinajstić information content (AvgIpc) is 1.69. The molecule has 0 bridgehead atoms. The lowest BCUT2D eigenvalue weighted by atomic mass is 10.1. The number of thiocarbonyl (C=S) groups is 1. The van der Waals surface area contributed by atoms with E-state index in [9.17, 15) is 34.2 Å². The molecule has 5 aliphatic rings. The zero-order chi connectivity index (χ0) is 70.0.